The van der Waals surface area contributed by atoms with Crippen LogP contribution in [0.4, 0.5) is 15.8 Å². The quantitative estimate of drug-likeness (QED) is 0.117. The number of carbonyl (C=O) groups excluding carboxylic acids is 3. The van der Waals surface area contributed by atoms with Crippen LogP contribution in [0, 0.1) is 5.82 Å². The molecule has 4 aromatic carbocycles. The molecule has 5 aromatic rings. The van der Waals surface area contributed by atoms with Crippen LogP contribution >= 0.6 is 11.8 Å². The summed E-state index contributed by atoms with van der Waals surface area (Å²) in [4.78, 5) is 40.0. The molecule has 5 rings (SSSR count). The number of amides is 3. The number of halogens is 1. The van der Waals surface area contributed by atoms with Crippen molar-refractivity contribution in [2.75, 3.05) is 10.6 Å². The van der Waals surface area contributed by atoms with Crippen molar-refractivity contribution >= 4 is 46.9 Å². The maximum Gasteiger partial charge on any atom is 0.272 e. The molecule has 0 bridgehead atoms. The van der Waals surface area contributed by atoms with Crippen LogP contribution in [0.25, 0.3) is 6.08 Å². The molecule has 1 aromatic heterocycles. The van der Waals surface area contributed by atoms with Gasteiger partial charge < -0.3 is 20.4 Å². The maximum atomic E-state index is 14.2. The molecule has 0 saturated heterocycles. The van der Waals surface area contributed by atoms with Gasteiger partial charge in [0.25, 0.3) is 11.8 Å². The average molecular weight is 592 g/mol. The van der Waals surface area contributed by atoms with Crippen LogP contribution in [-0.4, -0.2) is 17.7 Å². The minimum Gasteiger partial charge on any atom is -0.465 e. The van der Waals surface area contributed by atoms with Gasteiger partial charge in [0.2, 0.25) is 5.91 Å². The number of nitrogens with one attached hydrogen (secondary N) is 3. The Morgan fingerprint density at radius 2 is 1.42 bits per heavy atom. The molecular formula is C34H26FN3O4S. The summed E-state index contributed by atoms with van der Waals surface area (Å²) in [6, 6.07) is 34.0. The fourth-order valence-electron chi connectivity index (χ4n) is 4.07. The second kappa shape index (κ2) is 14.0. The number of thioether (sulfide) groups is 1. The first kappa shape index (κ1) is 29.1. The van der Waals surface area contributed by atoms with Crippen molar-refractivity contribution < 1.29 is 23.2 Å². The van der Waals surface area contributed by atoms with Gasteiger partial charge >= 0.3 is 0 Å². The zero-order chi connectivity index (χ0) is 30.0. The summed E-state index contributed by atoms with van der Waals surface area (Å²) in [6.07, 6.45) is 2.91. The summed E-state index contributed by atoms with van der Waals surface area (Å²) in [7, 11) is 0. The van der Waals surface area contributed by atoms with Gasteiger partial charge in [0.05, 0.1) is 12.0 Å². The van der Waals surface area contributed by atoms with E-state index in [2.05, 4.69) is 16.0 Å². The van der Waals surface area contributed by atoms with Gasteiger partial charge in [-0.3, -0.25) is 14.4 Å². The zero-order valence-electron chi connectivity index (χ0n) is 22.7. The molecule has 0 aliphatic rings. The molecule has 0 fully saturated rings. The largest absolute Gasteiger partial charge is 0.465 e. The molecule has 1 atom stereocenters. The highest BCUT2D eigenvalue weighted by Gasteiger charge is 2.23. The van der Waals surface area contributed by atoms with Crippen LogP contribution in [-0.2, 0) is 9.59 Å². The van der Waals surface area contributed by atoms with Crippen molar-refractivity contribution in [3.63, 3.8) is 0 Å². The summed E-state index contributed by atoms with van der Waals surface area (Å²) in [5, 5.41) is 7.46. The third kappa shape index (κ3) is 7.87. The van der Waals surface area contributed by atoms with E-state index in [-0.39, 0.29) is 17.3 Å². The highest BCUT2D eigenvalue weighted by atomic mass is 32.2. The molecule has 0 radical (unpaired) electrons. The molecule has 0 saturated carbocycles. The van der Waals surface area contributed by atoms with E-state index in [1.165, 1.54) is 36.2 Å². The van der Waals surface area contributed by atoms with Crippen LogP contribution in [0.1, 0.15) is 26.9 Å². The first-order chi connectivity index (χ1) is 21.0. The zero-order valence-corrected chi connectivity index (χ0v) is 23.5. The Kier molecular flexibility index (Phi) is 9.46. The molecule has 0 aliphatic carbocycles. The van der Waals surface area contributed by atoms with Crippen LogP contribution in [0.5, 0.6) is 0 Å². The lowest BCUT2D eigenvalue weighted by Crippen LogP contribution is -2.30. The standard InChI is InChI=1S/C34H26FN3O4S/c35-28-15-7-8-16-29(28)37-34(41)31(23-10-3-1-4-11-23)43-27-19-17-25(18-20-27)36-33(40)30(22-26-14-9-21-42-26)38-32(39)24-12-5-2-6-13-24/h1-22,31H,(H,36,40)(H,37,41)(H,38,39)/b30-22-. The molecule has 3 N–H and O–H groups in total. The number of benzene rings is 4. The Bertz CT molecular complexity index is 1730. The number of hydrogen-bond acceptors (Lipinski definition) is 5. The smallest absolute Gasteiger partial charge is 0.272 e. The lowest BCUT2D eigenvalue weighted by molar-refractivity contribution is -0.116. The van der Waals surface area contributed by atoms with E-state index in [1.807, 2.05) is 30.3 Å². The van der Waals surface area contributed by atoms with E-state index in [9.17, 15) is 18.8 Å². The minimum atomic E-state index is -0.669. The highest BCUT2D eigenvalue weighted by Crippen LogP contribution is 2.37. The van der Waals surface area contributed by atoms with Crippen LogP contribution in [0.3, 0.4) is 0 Å². The predicted octanol–water partition coefficient (Wildman–Crippen LogP) is 7.30. The first-order valence-corrected chi connectivity index (χ1v) is 14.1. The van der Waals surface area contributed by atoms with Crippen LogP contribution in [0.2, 0.25) is 0 Å². The number of carbonyl (C=O) groups is 3. The van der Waals surface area contributed by atoms with E-state index in [4.69, 9.17) is 4.42 Å². The van der Waals surface area contributed by atoms with Gasteiger partial charge in [-0.2, -0.15) is 0 Å². The van der Waals surface area contributed by atoms with Crippen molar-refractivity contribution in [2.24, 2.45) is 0 Å². The third-order valence-corrected chi connectivity index (χ3v) is 7.46. The van der Waals surface area contributed by atoms with E-state index < -0.39 is 22.9 Å². The number of hydrogen-bond donors (Lipinski definition) is 3. The summed E-state index contributed by atoms with van der Waals surface area (Å²) < 4.78 is 19.6. The maximum absolute atomic E-state index is 14.2. The molecule has 9 heteroatoms. The fraction of sp³-hybridized carbons (Fsp3) is 0.0294. The average Bonchev–Trinajstić information content (AvgIpc) is 3.55. The van der Waals surface area contributed by atoms with Crippen molar-refractivity contribution in [2.45, 2.75) is 10.1 Å². The van der Waals surface area contributed by atoms with E-state index in [0.717, 1.165) is 10.5 Å². The summed E-state index contributed by atoms with van der Waals surface area (Å²) in [5.41, 5.74) is 1.72. The molecular weight excluding hydrogens is 565 g/mol. The molecule has 0 spiro atoms. The summed E-state index contributed by atoms with van der Waals surface area (Å²) in [6.45, 7) is 0. The number of furan rings is 1. The normalized spacial score (nSPS) is 11.8. The molecule has 214 valence electrons. The second-order valence-corrected chi connectivity index (χ2v) is 10.4. The van der Waals surface area contributed by atoms with Gasteiger partial charge in [0.1, 0.15) is 22.5 Å². The van der Waals surface area contributed by atoms with Crippen molar-refractivity contribution in [3.8, 4) is 0 Å². The van der Waals surface area contributed by atoms with Gasteiger partial charge in [0, 0.05) is 22.2 Å². The van der Waals surface area contributed by atoms with Crippen LogP contribution in [0.15, 0.2) is 143 Å². The lowest BCUT2D eigenvalue weighted by Gasteiger charge is -2.18. The van der Waals surface area contributed by atoms with Gasteiger partial charge in [0.15, 0.2) is 0 Å². The molecule has 1 unspecified atom stereocenters. The highest BCUT2D eigenvalue weighted by molar-refractivity contribution is 8.00. The van der Waals surface area contributed by atoms with Gasteiger partial charge in [-0.1, -0.05) is 60.7 Å². The Morgan fingerprint density at radius 3 is 2.09 bits per heavy atom. The molecule has 0 aliphatic heterocycles. The van der Waals surface area contributed by atoms with Crippen LogP contribution < -0.4 is 16.0 Å². The monoisotopic (exact) mass is 591 g/mol. The SMILES string of the molecule is O=C(Nc1ccc(SC(C(=O)Nc2ccccc2F)c2ccccc2)cc1)/C(=C/c1ccco1)NC(=O)c1ccccc1. The molecule has 7 nitrogen and oxygen atoms in total. The van der Waals surface area contributed by atoms with Gasteiger partial charge in [-0.25, -0.2) is 4.39 Å². The lowest BCUT2D eigenvalue weighted by atomic mass is 10.1. The second-order valence-electron chi connectivity index (χ2n) is 9.25. The van der Waals surface area contributed by atoms with Gasteiger partial charge in [-0.15, -0.1) is 11.8 Å². The summed E-state index contributed by atoms with van der Waals surface area (Å²) >= 11 is 1.29. The predicted molar refractivity (Wildman–Crippen MR) is 166 cm³/mol. The number of rotatable bonds is 10. The van der Waals surface area contributed by atoms with E-state index in [1.54, 1.807) is 78.9 Å². The third-order valence-electron chi connectivity index (χ3n) is 6.20. The van der Waals surface area contributed by atoms with Crippen molar-refractivity contribution in [3.05, 3.63) is 156 Å². The van der Waals surface area contributed by atoms with E-state index >= 15 is 0 Å². The van der Waals surface area contributed by atoms with E-state index in [0.29, 0.717) is 17.0 Å². The van der Waals surface area contributed by atoms with Crippen molar-refractivity contribution in [1.82, 2.24) is 5.32 Å². The first-order valence-electron chi connectivity index (χ1n) is 13.3. The number of para-hydroxylation sites is 1. The topological polar surface area (TPSA) is 100 Å². The fourth-order valence-corrected chi connectivity index (χ4v) is 5.10. The Balaban J connectivity index is 1.31. The van der Waals surface area contributed by atoms with Gasteiger partial charge in [-0.05, 0) is 66.2 Å². The minimum absolute atomic E-state index is 0.00351. The molecule has 3 amide bonds. The molecule has 43 heavy (non-hydrogen) atoms. The van der Waals surface area contributed by atoms with Crippen molar-refractivity contribution in [1.29, 1.82) is 0 Å². The number of anilines is 2. The Morgan fingerprint density at radius 1 is 0.744 bits per heavy atom. The molecule has 1 heterocycles. The Labute approximate surface area is 251 Å². The summed E-state index contributed by atoms with van der Waals surface area (Å²) in [5.74, 6) is -1.49. The Hall–Kier alpha value is -5.41.